The highest BCUT2D eigenvalue weighted by Crippen LogP contribution is 2.34. The Balaban J connectivity index is 1.68. The van der Waals surface area contributed by atoms with E-state index in [1.54, 1.807) is 0 Å². The van der Waals surface area contributed by atoms with Crippen molar-refractivity contribution in [3.63, 3.8) is 0 Å². The van der Waals surface area contributed by atoms with Crippen molar-refractivity contribution in [2.24, 2.45) is 0 Å². The molecule has 4 rings (SSSR count). The summed E-state index contributed by atoms with van der Waals surface area (Å²) in [7, 11) is 4.19. The summed E-state index contributed by atoms with van der Waals surface area (Å²) in [6.45, 7) is 9.70. The summed E-state index contributed by atoms with van der Waals surface area (Å²) in [6.07, 6.45) is 1.84. The van der Waals surface area contributed by atoms with Crippen LogP contribution in [-0.2, 0) is 0 Å². The molecule has 1 fully saturated rings. The Hall–Kier alpha value is -3.31. The fourth-order valence-corrected chi connectivity index (χ4v) is 4.21. The van der Waals surface area contributed by atoms with Gasteiger partial charge in [0.05, 0.1) is 28.9 Å². The molecule has 1 atom stereocenters. The fraction of sp³-hybridized carbons (Fsp3) is 0.417. The summed E-state index contributed by atoms with van der Waals surface area (Å²) in [5.74, 6) is 1.08. The molecule has 166 valence electrons. The van der Waals surface area contributed by atoms with Crippen molar-refractivity contribution in [1.82, 2.24) is 20.1 Å². The van der Waals surface area contributed by atoms with E-state index in [1.807, 2.05) is 33.0 Å². The maximum Gasteiger partial charge on any atom is 0.157 e. The minimum atomic E-state index is -0.427. The highest BCUT2D eigenvalue weighted by molar-refractivity contribution is 5.94. The normalized spacial score (nSPS) is 16.0. The zero-order valence-corrected chi connectivity index (χ0v) is 19.4. The van der Waals surface area contributed by atoms with Gasteiger partial charge in [-0.1, -0.05) is 0 Å². The van der Waals surface area contributed by atoms with Crippen LogP contribution < -0.4 is 10.2 Å². The summed E-state index contributed by atoms with van der Waals surface area (Å²) < 4.78 is 14.1. The van der Waals surface area contributed by atoms with E-state index in [-0.39, 0.29) is 11.6 Å². The van der Waals surface area contributed by atoms with E-state index in [0.717, 1.165) is 46.5 Å². The SMILES string of the molecule is Cc1c(C#N)cc(F)cc1[C@@H](C)Nc1nnc(C)c2cnc(N3CC(C)(N(C)C)C3)cc12. The number of aromatic nitrogens is 3. The molecular weight excluding hydrogens is 405 g/mol. The van der Waals surface area contributed by atoms with E-state index in [2.05, 4.69) is 57.4 Å². The van der Waals surface area contributed by atoms with Crippen LogP contribution in [0.2, 0.25) is 0 Å². The summed E-state index contributed by atoms with van der Waals surface area (Å²) in [5.41, 5.74) is 2.74. The van der Waals surface area contributed by atoms with Crippen molar-refractivity contribution in [3.05, 3.63) is 52.6 Å². The molecule has 1 saturated heterocycles. The van der Waals surface area contributed by atoms with Crippen LogP contribution in [0.4, 0.5) is 16.0 Å². The van der Waals surface area contributed by atoms with Crippen molar-refractivity contribution in [3.8, 4) is 6.07 Å². The minimum absolute atomic E-state index is 0.131. The molecule has 0 radical (unpaired) electrons. The Labute approximate surface area is 187 Å². The second-order valence-electron chi connectivity index (χ2n) is 9.11. The molecule has 0 spiro atoms. The standard InChI is InChI=1S/C24H28FN7/c1-14-17(10-26)7-18(25)8-19(14)15(2)28-23-20-9-22(27-11-21(20)16(3)29-30-23)32-12-24(4,13-32)31(5)6/h7-9,11,15H,12-13H2,1-6H3,(H,28,30)/t15-/m1/s1. The predicted molar refractivity (Wildman–Crippen MR) is 124 cm³/mol. The first kappa shape index (κ1) is 21.9. The second-order valence-corrected chi connectivity index (χ2v) is 9.11. The van der Waals surface area contributed by atoms with Crippen molar-refractivity contribution in [2.75, 3.05) is 37.4 Å². The average molecular weight is 434 g/mol. The molecule has 3 heterocycles. The lowest BCUT2D eigenvalue weighted by molar-refractivity contribution is 0.132. The van der Waals surface area contributed by atoms with E-state index >= 15 is 0 Å². The van der Waals surface area contributed by atoms with Gasteiger partial charge in [0.1, 0.15) is 11.6 Å². The van der Waals surface area contributed by atoms with E-state index in [4.69, 9.17) is 0 Å². The van der Waals surface area contributed by atoms with Gasteiger partial charge in [-0.2, -0.15) is 10.4 Å². The van der Waals surface area contributed by atoms with E-state index in [1.165, 1.54) is 12.1 Å². The maximum absolute atomic E-state index is 14.1. The van der Waals surface area contributed by atoms with Gasteiger partial charge in [0.25, 0.3) is 0 Å². The molecular formula is C24H28FN7. The number of nitriles is 1. The number of nitrogens with one attached hydrogen (secondary N) is 1. The molecule has 1 N–H and O–H groups in total. The van der Waals surface area contributed by atoms with Crippen LogP contribution in [0.1, 0.15) is 42.3 Å². The Morgan fingerprint density at radius 3 is 2.56 bits per heavy atom. The zero-order chi connectivity index (χ0) is 23.2. The zero-order valence-electron chi connectivity index (χ0n) is 19.4. The summed E-state index contributed by atoms with van der Waals surface area (Å²) in [5, 5.41) is 23.2. The predicted octanol–water partition coefficient (Wildman–Crippen LogP) is 3.97. The first-order valence-electron chi connectivity index (χ1n) is 10.6. The number of pyridine rings is 1. The number of aryl methyl sites for hydroxylation is 1. The van der Waals surface area contributed by atoms with Gasteiger partial charge < -0.3 is 15.1 Å². The number of benzene rings is 1. The molecule has 2 aromatic heterocycles. The van der Waals surface area contributed by atoms with Crippen LogP contribution in [-0.4, -0.2) is 52.8 Å². The van der Waals surface area contributed by atoms with Gasteiger partial charge in [0.2, 0.25) is 0 Å². The summed E-state index contributed by atoms with van der Waals surface area (Å²) >= 11 is 0. The first-order chi connectivity index (χ1) is 15.1. The van der Waals surface area contributed by atoms with Gasteiger partial charge in [-0.3, -0.25) is 0 Å². The number of likely N-dealkylation sites (N-methyl/N-ethyl adjacent to an activating group) is 1. The lowest BCUT2D eigenvalue weighted by atomic mass is 9.91. The van der Waals surface area contributed by atoms with Gasteiger partial charge in [-0.05, 0) is 71.1 Å². The molecule has 0 unspecified atom stereocenters. The lowest BCUT2D eigenvalue weighted by Crippen LogP contribution is -2.67. The number of hydrogen-bond donors (Lipinski definition) is 1. The van der Waals surface area contributed by atoms with Crippen LogP contribution in [0.25, 0.3) is 10.8 Å². The quantitative estimate of drug-likeness (QED) is 0.652. The van der Waals surface area contributed by atoms with Crippen LogP contribution in [0.5, 0.6) is 0 Å². The Morgan fingerprint density at radius 1 is 1.19 bits per heavy atom. The van der Waals surface area contributed by atoms with Crippen LogP contribution in [0.15, 0.2) is 24.4 Å². The molecule has 1 aromatic carbocycles. The van der Waals surface area contributed by atoms with Crippen molar-refractivity contribution in [2.45, 2.75) is 39.3 Å². The Kier molecular flexibility index (Phi) is 5.47. The smallest absolute Gasteiger partial charge is 0.157 e. The van der Waals surface area contributed by atoms with Gasteiger partial charge in [-0.25, -0.2) is 9.37 Å². The van der Waals surface area contributed by atoms with Gasteiger partial charge >= 0.3 is 0 Å². The number of halogens is 1. The Bertz CT molecular complexity index is 1230. The van der Waals surface area contributed by atoms with Gasteiger partial charge in [0.15, 0.2) is 5.82 Å². The molecule has 1 aliphatic heterocycles. The largest absolute Gasteiger partial charge is 0.362 e. The van der Waals surface area contributed by atoms with Crippen LogP contribution in [0.3, 0.4) is 0 Å². The van der Waals surface area contributed by atoms with Crippen molar-refractivity contribution in [1.29, 1.82) is 5.26 Å². The number of anilines is 2. The third kappa shape index (κ3) is 3.73. The minimum Gasteiger partial charge on any atom is -0.362 e. The molecule has 32 heavy (non-hydrogen) atoms. The Morgan fingerprint density at radius 2 is 1.91 bits per heavy atom. The van der Waals surface area contributed by atoms with Crippen LogP contribution >= 0.6 is 0 Å². The molecule has 7 nitrogen and oxygen atoms in total. The van der Waals surface area contributed by atoms with E-state index < -0.39 is 5.82 Å². The number of hydrogen-bond acceptors (Lipinski definition) is 7. The third-order valence-electron chi connectivity index (χ3n) is 6.65. The fourth-order valence-electron chi connectivity index (χ4n) is 4.21. The topological polar surface area (TPSA) is 81.0 Å². The van der Waals surface area contributed by atoms with Gasteiger partial charge in [-0.15, -0.1) is 5.10 Å². The van der Waals surface area contributed by atoms with E-state index in [9.17, 15) is 9.65 Å². The van der Waals surface area contributed by atoms with E-state index in [0.29, 0.717) is 11.4 Å². The molecule has 8 heteroatoms. The molecule has 0 bridgehead atoms. The highest BCUT2D eigenvalue weighted by Gasteiger charge is 2.41. The van der Waals surface area contributed by atoms with Crippen molar-refractivity contribution >= 4 is 22.4 Å². The number of nitrogens with zero attached hydrogens (tertiary/aromatic N) is 6. The van der Waals surface area contributed by atoms with Crippen LogP contribution in [0, 0.1) is 31.0 Å². The molecule has 1 aliphatic rings. The lowest BCUT2D eigenvalue weighted by Gasteiger charge is -2.52. The first-order valence-corrected chi connectivity index (χ1v) is 10.6. The highest BCUT2D eigenvalue weighted by atomic mass is 19.1. The number of fused-ring (bicyclic) bond motifs is 1. The second kappa shape index (κ2) is 7.99. The third-order valence-corrected chi connectivity index (χ3v) is 6.65. The maximum atomic E-state index is 14.1. The molecule has 0 saturated carbocycles. The number of rotatable bonds is 5. The van der Waals surface area contributed by atoms with Crippen molar-refractivity contribution < 1.29 is 4.39 Å². The monoisotopic (exact) mass is 433 g/mol. The average Bonchev–Trinajstić information content (AvgIpc) is 2.74. The summed E-state index contributed by atoms with van der Waals surface area (Å²) in [6, 6.07) is 6.57. The summed E-state index contributed by atoms with van der Waals surface area (Å²) in [4.78, 5) is 9.16. The molecule has 0 amide bonds. The molecule has 0 aliphatic carbocycles. The molecule has 3 aromatic rings. The van der Waals surface area contributed by atoms with Gasteiger partial charge in [0, 0.05) is 30.1 Å².